The van der Waals surface area contributed by atoms with Crippen LogP contribution in [0.5, 0.6) is 5.75 Å². The summed E-state index contributed by atoms with van der Waals surface area (Å²) in [4.78, 5) is 17.8. The Morgan fingerprint density at radius 1 is 1.50 bits per heavy atom. The molecule has 1 aromatic heterocycles. The van der Waals surface area contributed by atoms with Crippen molar-refractivity contribution in [1.29, 1.82) is 0 Å². The Bertz CT molecular complexity index is 568. The van der Waals surface area contributed by atoms with Gasteiger partial charge in [0.15, 0.2) is 0 Å². The minimum Gasteiger partial charge on any atom is -0.497 e. The molecule has 1 heterocycles. The normalized spacial score (nSPS) is 11.9. The Morgan fingerprint density at radius 2 is 2.30 bits per heavy atom. The summed E-state index contributed by atoms with van der Waals surface area (Å²) in [5, 5.41) is 3.99. The molecule has 0 saturated carbocycles. The van der Waals surface area contributed by atoms with Crippen molar-refractivity contribution in [3.05, 3.63) is 42.5 Å². The van der Waals surface area contributed by atoms with E-state index >= 15 is 0 Å². The van der Waals surface area contributed by atoms with Crippen molar-refractivity contribution in [2.45, 2.75) is 19.5 Å². The van der Waals surface area contributed by atoms with Gasteiger partial charge < -0.3 is 9.64 Å². The van der Waals surface area contributed by atoms with Crippen molar-refractivity contribution >= 4 is 5.91 Å². The molecule has 1 atom stereocenters. The second-order valence-corrected chi connectivity index (χ2v) is 4.60. The first-order valence-corrected chi connectivity index (χ1v) is 6.34. The number of benzene rings is 1. The number of rotatable bonds is 5. The first kappa shape index (κ1) is 14.0. The van der Waals surface area contributed by atoms with Crippen molar-refractivity contribution in [2.24, 2.45) is 0 Å². The van der Waals surface area contributed by atoms with E-state index in [-0.39, 0.29) is 11.9 Å². The van der Waals surface area contributed by atoms with Gasteiger partial charge >= 0.3 is 0 Å². The number of carbonyl (C=O) groups excluding carboxylic acids is 1. The molecule has 0 aliphatic rings. The molecule has 2 rings (SSSR count). The predicted octanol–water partition coefficient (Wildman–Crippen LogP) is 1.51. The van der Waals surface area contributed by atoms with Crippen LogP contribution in [0.4, 0.5) is 0 Å². The summed E-state index contributed by atoms with van der Waals surface area (Å²) < 4.78 is 6.72. The Hall–Kier alpha value is -2.37. The van der Waals surface area contributed by atoms with Gasteiger partial charge in [-0.05, 0) is 24.6 Å². The second-order valence-electron chi connectivity index (χ2n) is 4.60. The van der Waals surface area contributed by atoms with Crippen LogP contribution in [0.15, 0.2) is 36.9 Å². The third kappa shape index (κ3) is 3.14. The number of nitrogens with zero attached hydrogens (tertiary/aromatic N) is 4. The molecule has 0 fully saturated rings. The van der Waals surface area contributed by atoms with Crippen LogP contribution in [0.3, 0.4) is 0 Å². The molecule has 1 aromatic carbocycles. The zero-order chi connectivity index (χ0) is 14.5. The SMILES string of the molecule is COc1cccc(CN(C)C(=O)C(C)n2cncn2)c1. The quantitative estimate of drug-likeness (QED) is 0.829. The van der Waals surface area contributed by atoms with Gasteiger partial charge in [0.1, 0.15) is 24.4 Å². The highest BCUT2D eigenvalue weighted by molar-refractivity contribution is 5.79. The number of hydrogen-bond donors (Lipinski definition) is 0. The zero-order valence-electron chi connectivity index (χ0n) is 11.9. The molecule has 0 spiro atoms. The minimum atomic E-state index is -0.367. The largest absolute Gasteiger partial charge is 0.497 e. The smallest absolute Gasteiger partial charge is 0.247 e. The summed E-state index contributed by atoms with van der Waals surface area (Å²) in [6.07, 6.45) is 2.97. The molecule has 20 heavy (non-hydrogen) atoms. The molecule has 0 N–H and O–H groups in total. The van der Waals surface area contributed by atoms with Gasteiger partial charge in [0.05, 0.1) is 7.11 Å². The van der Waals surface area contributed by atoms with E-state index < -0.39 is 0 Å². The molecule has 0 bridgehead atoms. The maximum Gasteiger partial charge on any atom is 0.247 e. The number of methoxy groups -OCH3 is 1. The molecule has 1 amide bonds. The topological polar surface area (TPSA) is 60.2 Å². The number of hydrogen-bond acceptors (Lipinski definition) is 4. The van der Waals surface area contributed by atoms with Crippen LogP contribution in [-0.4, -0.2) is 39.7 Å². The Labute approximate surface area is 118 Å². The molecule has 0 aliphatic heterocycles. The Morgan fingerprint density at radius 3 is 2.95 bits per heavy atom. The molecular weight excluding hydrogens is 256 g/mol. The van der Waals surface area contributed by atoms with Crippen molar-refractivity contribution in [3.8, 4) is 5.75 Å². The van der Waals surface area contributed by atoms with Crippen LogP contribution < -0.4 is 4.74 Å². The molecule has 0 saturated heterocycles. The zero-order valence-corrected chi connectivity index (χ0v) is 11.9. The lowest BCUT2D eigenvalue weighted by atomic mass is 10.2. The third-order valence-electron chi connectivity index (χ3n) is 3.12. The van der Waals surface area contributed by atoms with Crippen LogP contribution in [-0.2, 0) is 11.3 Å². The van der Waals surface area contributed by atoms with E-state index in [4.69, 9.17) is 4.74 Å². The monoisotopic (exact) mass is 274 g/mol. The average molecular weight is 274 g/mol. The standard InChI is InChI=1S/C14H18N4O2/c1-11(18-10-15-9-16-18)14(19)17(2)8-12-5-4-6-13(7-12)20-3/h4-7,9-11H,8H2,1-3H3. The fraction of sp³-hybridized carbons (Fsp3) is 0.357. The fourth-order valence-electron chi connectivity index (χ4n) is 1.97. The molecule has 2 aromatic rings. The highest BCUT2D eigenvalue weighted by atomic mass is 16.5. The van der Waals surface area contributed by atoms with Crippen molar-refractivity contribution in [3.63, 3.8) is 0 Å². The first-order valence-electron chi connectivity index (χ1n) is 6.34. The van der Waals surface area contributed by atoms with E-state index in [1.807, 2.05) is 24.3 Å². The van der Waals surface area contributed by atoms with Gasteiger partial charge in [-0.25, -0.2) is 9.67 Å². The Kier molecular flexibility index (Phi) is 4.34. The van der Waals surface area contributed by atoms with Gasteiger partial charge in [-0.15, -0.1) is 0 Å². The van der Waals surface area contributed by atoms with E-state index in [9.17, 15) is 4.79 Å². The fourth-order valence-corrected chi connectivity index (χ4v) is 1.97. The number of amides is 1. The second kappa shape index (κ2) is 6.18. The molecular formula is C14H18N4O2. The highest BCUT2D eigenvalue weighted by Crippen LogP contribution is 2.15. The van der Waals surface area contributed by atoms with Crippen LogP contribution in [0, 0.1) is 0 Å². The first-order chi connectivity index (χ1) is 9.61. The predicted molar refractivity (Wildman–Crippen MR) is 74.2 cm³/mol. The third-order valence-corrected chi connectivity index (χ3v) is 3.12. The van der Waals surface area contributed by atoms with Crippen LogP contribution >= 0.6 is 0 Å². The molecule has 1 unspecified atom stereocenters. The number of carbonyl (C=O) groups is 1. The highest BCUT2D eigenvalue weighted by Gasteiger charge is 2.19. The van der Waals surface area contributed by atoms with Crippen LogP contribution in [0.25, 0.3) is 0 Å². The van der Waals surface area contributed by atoms with Gasteiger partial charge in [0.25, 0.3) is 0 Å². The molecule has 106 valence electrons. The van der Waals surface area contributed by atoms with Gasteiger partial charge in [-0.1, -0.05) is 12.1 Å². The number of aromatic nitrogens is 3. The summed E-state index contributed by atoms with van der Waals surface area (Å²) >= 11 is 0. The van der Waals surface area contributed by atoms with E-state index in [2.05, 4.69) is 10.1 Å². The summed E-state index contributed by atoms with van der Waals surface area (Å²) in [6.45, 7) is 2.33. The van der Waals surface area contributed by atoms with Crippen LogP contribution in [0.1, 0.15) is 18.5 Å². The van der Waals surface area contributed by atoms with Gasteiger partial charge in [0, 0.05) is 13.6 Å². The molecule has 0 radical (unpaired) electrons. The van der Waals surface area contributed by atoms with Crippen molar-refractivity contribution in [2.75, 3.05) is 14.2 Å². The molecule has 6 heteroatoms. The maximum atomic E-state index is 12.3. The summed E-state index contributed by atoms with van der Waals surface area (Å²) in [5.74, 6) is 0.769. The van der Waals surface area contributed by atoms with E-state index in [1.165, 1.54) is 6.33 Å². The lowest BCUT2D eigenvalue weighted by molar-refractivity contribution is -0.133. The average Bonchev–Trinajstić information content (AvgIpc) is 3.00. The van der Waals surface area contributed by atoms with E-state index in [1.54, 1.807) is 37.0 Å². The number of ether oxygens (including phenoxy) is 1. The number of likely N-dealkylation sites (N-methyl/N-ethyl adjacent to an activating group) is 1. The summed E-state index contributed by atoms with van der Waals surface area (Å²) in [5.41, 5.74) is 1.02. The van der Waals surface area contributed by atoms with Gasteiger partial charge in [0.2, 0.25) is 5.91 Å². The molecule has 0 aliphatic carbocycles. The van der Waals surface area contributed by atoms with Gasteiger partial charge in [-0.3, -0.25) is 4.79 Å². The van der Waals surface area contributed by atoms with Gasteiger partial charge in [-0.2, -0.15) is 5.10 Å². The van der Waals surface area contributed by atoms with Crippen molar-refractivity contribution < 1.29 is 9.53 Å². The lowest BCUT2D eigenvalue weighted by Crippen LogP contribution is -2.33. The van der Waals surface area contributed by atoms with E-state index in [0.29, 0.717) is 6.54 Å². The summed E-state index contributed by atoms with van der Waals surface area (Å²) in [7, 11) is 3.40. The van der Waals surface area contributed by atoms with E-state index in [0.717, 1.165) is 11.3 Å². The van der Waals surface area contributed by atoms with Crippen molar-refractivity contribution in [1.82, 2.24) is 19.7 Å². The minimum absolute atomic E-state index is 0.0154. The van der Waals surface area contributed by atoms with Crippen LogP contribution in [0.2, 0.25) is 0 Å². The lowest BCUT2D eigenvalue weighted by Gasteiger charge is -2.21. The molecule has 6 nitrogen and oxygen atoms in total. The maximum absolute atomic E-state index is 12.3. The summed E-state index contributed by atoms with van der Waals surface area (Å²) in [6, 6.07) is 7.31. The Balaban J connectivity index is 2.03.